The van der Waals surface area contributed by atoms with Gasteiger partial charge in [-0.05, 0) is 43.6 Å². The number of benzene rings is 1. The van der Waals surface area contributed by atoms with Crippen LogP contribution in [-0.2, 0) is 13.3 Å². The van der Waals surface area contributed by atoms with E-state index in [1.54, 1.807) is 0 Å². The second-order valence-corrected chi connectivity index (χ2v) is 7.32. The van der Waals surface area contributed by atoms with Crippen molar-refractivity contribution in [1.82, 2.24) is 19.2 Å². The van der Waals surface area contributed by atoms with E-state index in [-0.39, 0.29) is 12.6 Å². The molecule has 1 N–H and O–H groups in total. The van der Waals surface area contributed by atoms with Crippen molar-refractivity contribution in [2.24, 2.45) is 5.92 Å². The highest BCUT2D eigenvalue weighted by molar-refractivity contribution is 7.71. The zero-order chi connectivity index (χ0) is 17.3. The largest absolute Gasteiger partial charge is 0.388 e. The molecule has 6 heteroatoms. The molecule has 0 amide bonds. The molecule has 1 fully saturated rings. The summed E-state index contributed by atoms with van der Waals surface area (Å²) < 4.78 is 4.58. The molecule has 1 aliphatic carbocycles. The van der Waals surface area contributed by atoms with Gasteiger partial charge in [0.2, 0.25) is 0 Å². The quantitative estimate of drug-likeness (QED) is 0.779. The van der Waals surface area contributed by atoms with E-state index in [2.05, 4.69) is 55.2 Å². The number of aliphatic hydroxyl groups is 1. The summed E-state index contributed by atoms with van der Waals surface area (Å²) in [6.07, 6.45) is 2.25. The number of hydrogen-bond acceptors (Lipinski definition) is 4. The summed E-state index contributed by atoms with van der Waals surface area (Å²) in [5.74, 6) is 1.14. The third kappa shape index (κ3) is 3.45. The van der Waals surface area contributed by atoms with E-state index in [4.69, 9.17) is 12.2 Å². The van der Waals surface area contributed by atoms with Gasteiger partial charge in [-0.3, -0.25) is 9.47 Å². The first kappa shape index (κ1) is 17.3. The monoisotopic (exact) mass is 346 g/mol. The van der Waals surface area contributed by atoms with Crippen LogP contribution in [-0.4, -0.2) is 31.4 Å². The predicted octanol–water partition coefficient (Wildman–Crippen LogP) is 3.53. The Morgan fingerprint density at radius 3 is 2.50 bits per heavy atom. The lowest BCUT2D eigenvalue weighted by Crippen LogP contribution is -2.31. The third-order valence-corrected chi connectivity index (χ3v) is 5.01. The number of aliphatic hydroxyl groups excluding tert-OH is 1. The molecule has 1 heterocycles. The highest BCUT2D eigenvalue weighted by atomic mass is 32.1. The first-order chi connectivity index (χ1) is 11.5. The van der Waals surface area contributed by atoms with Crippen molar-refractivity contribution in [3.05, 3.63) is 46.5 Å². The molecule has 3 rings (SSSR count). The van der Waals surface area contributed by atoms with Crippen LogP contribution < -0.4 is 0 Å². The van der Waals surface area contributed by atoms with E-state index in [1.165, 1.54) is 5.56 Å². The van der Waals surface area contributed by atoms with Gasteiger partial charge < -0.3 is 5.11 Å². The topological polar surface area (TPSA) is 46.2 Å². The van der Waals surface area contributed by atoms with Crippen molar-refractivity contribution in [2.75, 3.05) is 7.05 Å². The Bertz CT molecular complexity index is 733. The lowest BCUT2D eigenvalue weighted by Gasteiger charge is -2.31. The van der Waals surface area contributed by atoms with Crippen LogP contribution in [0.4, 0.5) is 0 Å². The van der Waals surface area contributed by atoms with Gasteiger partial charge in [0.25, 0.3) is 0 Å². The zero-order valence-corrected chi connectivity index (χ0v) is 15.4. The summed E-state index contributed by atoms with van der Waals surface area (Å²) >= 11 is 5.61. The van der Waals surface area contributed by atoms with Crippen LogP contribution in [0, 0.1) is 10.7 Å². The summed E-state index contributed by atoms with van der Waals surface area (Å²) in [7, 11) is 2.11. The lowest BCUT2D eigenvalue weighted by atomic mass is 9.95. The summed E-state index contributed by atoms with van der Waals surface area (Å²) in [4.78, 5) is 2.28. The molecule has 0 aliphatic heterocycles. The molecule has 2 aromatic rings. The molecule has 0 bridgehead atoms. The van der Waals surface area contributed by atoms with Gasteiger partial charge in [0, 0.05) is 12.1 Å². The minimum absolute atomic E-state index is 0.0663. The smallest absolute Gasteiger partial charge is 0.199 e. The second kappa shape index (κ2) is 7.17. The summed E-state index contributed by atoms with van der Waals surface area (Å²) in [6, 6.07) is 11.3. The molecule has 1 aliphatic rings. The zero-order valence-electron chi connectivity index (χ0n) is 14.6. The Morgan fingerprint density at radius 2 is 1.96 bits per heavy atom. The highest BCUT2D eigenvalue weighted by Crippen LogP contribution is 2.36. The lowest BCUT2D eigenvalue weighted by molar-refractivity contribution is 0.143. The third-order valence-electron chi connectivity index (χ3n) is 4.60. The molecular weight excluding hydrogens is 320 g/mol. The fourth-order valence-corrected chi connectivity index (χ4v) is 3.82. The van der Waals surface area contributed by atoms with Gasteiger partial charge in [0.05, 0.1) is 6.67 Å². The molecule has 1 unspecified atom stereocenters. The standard InChI is InChI=1S/C18H26N4OS/c1-13(2)17(14-7-5-4-6-8-14)20(3)12-21-18(24)22(15-9-10-15)16(11-23)19-21/h4-8,13,15,17,23H,9-12H2,1-3H3. The van der Waals surface area contributed by atoms with Crippen molar-refractivity contribution >= 4 is 12.2 Å². The maximum Gasteiger partial charge on any atom is 0.199 e. The molecule has 130 valence electrons. The highest BCUT2D eigenvalue weighted by Gasteiger charge is 2.29. The summed E-state index contributed by atoms with van der Waals surface area (Å²) in [5, 5.41) is 14.1. The molecule has 24 heavy (non-hydrogen) atoms. The Balaban J connectivity index is 1.85. The van der Waals surface area contributed by atoms with E-state index in [9.17, 15) is 5.11 Å². The van der Waals surface area contributed by atoms with Crippen LogP contribution in [0.25, 0.3) is 0 Å². The molecular formula is C18H26N4OS. The fourth-order valence-electron chi connectivity index (χ4n) is 3.46. The minimum Gasteiger partial charge on any atom is -0.388 e. The van der Waals surface area contributed by atoms with Crippen molar-refractivity contribution in [3.63, 3.8) is 0 Å². The minimum atomic E-state index is -0.0663. The van der Waals surface area contributed by atoms with E-state index >= 15 is 0 Å². The number of aromatic nitrogens is 3. The number of rotatable bonds is 7. The maximum absolute atomic E-state index is 9.59. The second-order valence-electron chi connectivity index (χ2n) is 6.96. The van der Waals surface area contributed by atoms with Gasteiger partial charge in [0.15, 0.2) is 10.6 Å². The molecule has 1 aromatic carbocycles. The summed E-state index contributed by atoms with van der Waals surface area (Å²) in [6.45, 7) is 5.01. The first-order valence-corrected chi connectivity index (χ1v) is 8.98. The number of hydrogen-bond donors (Lipinski definition) is 1. The van der Waals surface area contributed by atoms with Gasteiger partial charge in [-0.25, -0.2) is 4.68 Å². The van der Waals surface area contributed by atoms with Crippen LogP contribution >= 0.6 is 12.2 Å². The van der Waals surface area contributed by atoms with Crippen molar-refractivity contribution in [1.29, 1.82) is 0 Å². The van der Waals surface area contributed by atoms with Crippen molar-refractivity contribution in [3.8, 4) is 0 Å². The Kier molecular flexibility index (Phi) is 5.18. The van der Waals surface area contributed by atoms with E-state index in [0.29, 0.717) is 29.2 Å². The molecule has 0 spiro atoms. The van der Waals surface area contributed by atoms with Gasteiger partial charge >= 0.3 is 0 Å². The molecule has 5 nitrogen and oxygen atoms in total. The van der Waals surface area contributed by atoms with E-state index in [1.807, 2.05) is 15.3 Å². The van der Waals surface area contributed by atoms with Crippen molar-refractivity contribution < 1.29 is 5.11 Å². The fraction of sp³-hybridized carbons (Fsp3) is 0.556. The van der Waals surface area contributed by atoms with Gasteiger partial charge in [-0.15, -0.1) is 0 Å². The van der Waals surface area contributed by atoms with Gasteiger partial charge in [-0.1, -0.05) is 44.2 Å². The molecule has 0 saturated heterocycles. The van der Waals surface area contributed by atoms with Crippen molar-refractivity contribution in [2.45, 2.75) is 52.0 Å². The van der Waals surface area contributed by atoms with Crippen LogP contribution in [0.1, 0.15) is 50.2 Å². The predicted molar refractivity (Wildman–Crippen MR) is 97.0 cm³/mol. The van der Waals surface area contributed by atoms with Crippen LogP contribution in [0.2, 0.25) is 0 Å². The summed E-state index contributed by atoms with van der Waals surface area (Å²) in [5.41, 5.74) is 1.30. The molecule has 1 saturated carbocycles. The van der Waals surface area contributed by atoms with Crippen LogP contribution in [0.15, 0.2) is 30.3 Å². The Morgan fingerprint density at radius 1 is 1.29 bits per heavy atom. The number of nitrogens with zero attached hydrogens (tertiary/aromatic N) is 4. The Hall–Kier alpha value is -1.50. The van der Waals surface area contributed by atoms with Gasteiger partial charge in [0.1, 0.15) is 6.61 Å². The van der Waals surface area contributed by atoms with E-state index in [0.717, 1.165) is 12.8 Å². The first-order valence-electron chi connectivity index (χ1n) is 8.57. The average molecular weight is 347 g/mol. The van der Waals surface area contributed by atoms with E-state index < -0.39 is 0 Å². The van der Waals surface area contributed by atoms with Gasteiger partial charge in [-0.2, -0.15) is 5.10 Å². The average Bonchev–Trinajstić information content (AvgIpc) is 3.34. The molecule has 1 aromatic heterocycles. The molecule has 1 atom stereocenters. The SMILES string of the molecule is CC(C)C(c1ccccc1)N(C)Cn1nc(CO)n(C2CC2)c1=S. The van der Waals surface area contributed by atoms with Crippen LogP contribution in [0.3, 0.4) is 0 Å². The Labute approximate surface area is 148 Å². The van der Waals surface area contributed by atoms with Crippen LogP contribution in [0.5, 0.6) is 0 Å². The molecule has 0 radical (unpaired) electrons. The normalized spacial score (nSPS) is 16.1. The maximum atomic E-state index is 9.59.